The van der Waals surface area contributed by atoms with Crippen molar-refractivity contribution >= 4 is 72.0 Å². The van der Waals surface area contributed by atoms with Crippen molar-refractivity contribution in [1.29, 1.82) is 0 Å². The van der Waals surface area contributed by atoms with Crippen LogP contribution in [-0.4, -0.2) is 117 Å². The number of nitrogens with zero attached hydrogens (tertiary/aromatic N) is 6. The lowest BCUT2D eigenvalue weighted by atomic mass is 10.1. The van der Waals surface area contributed by atoms with E-state index in [1.807, 2.05) is 50.0 Å². The summed E-state index contributed by atoms with van der Waals surface area (Å²) in [6.07, 6.45) is -5.30. The van der Waals surface area contributed by atoms with E-state index in [4.69, 9.17) is 30.0 Å². The van der Waals surface area contributed by atoms with Crippen LogP contribution in [-0.2, 0) is 39.3 Å². The van der Waals surface area contributed by atoms with Crippen LogP contribution >= 0.6 is 27.0 Å². The lowest BCUT2D eigenvalue weighted by molar-refractivity contribution is -0.745. The predicted molar refractivity (Wildman–Crippen MR) is 212 cm³/mol. The number of aromatic nitrogens is 5. The first kappa shape index (κ1) is 43.7. The Hall–Kier alpha value is -4.87. The maximum absolute atomic E-state index is 12.9. The number of amides is 2. The molecule has 6 rings (SSSR count). The molecular weight excluding hydrogens is 838 g/mol. The van der Waals surface area contributed by atoms with E-state index in [1.165, 1.54) is 22.5 Å². The van der Waals surface area contributed by atoms with Crippen molar-refractivity contribution in [3.05, 3.63) is 58.4 Å². The zero-order valence-corrected chi connectivity index (χ0v) is 34.7. The van der Waals surface area contributed by atoms with Crippen molar-refractivity contribution in [2.45, 2.75) is 37.4 Å². The molecule has 1 saturated heterocycles. The number of fused-ring (bicyclic) bond motifs is 3. The van der Waals surface area contributed by atoms with Crippen LogP contribution in [0.4, 0.5) is 16.4 Å². The van der Waals surface area contributed by atoms with Crippen molar-refractivity contribution in [3.63, 3.8) is 0 Å². The largest absolute Gasteiger partial charge is 0.481 e. The number of nitrogens with two attached hydrogens (primary N) is 1. The van der Waals surface area contributed by atoms with Gasteiger partial charge in [-0.1, -0.05) is 4.98 Å². The highest BCUT2D eigenvalue weighted by molar-refractivity contribution is 7.60. The van der Waals surface area contributed by atoms with Crippen molar-refractivity contribution in [2.24, 2.45) is 7.05 Å². The molecule has 1 aliphatic carbocycles. The molecule has 0 saturated carbocycles. The number of aliphatic hydroxyl groups excluding tert-OH is 1. The third kappa shape index (κ3) is 10.7. The Morgan fingerprint density at radius 2 is 1.88 bits per heavy atom. The highest BCUT2D eigenvalue weighted by Crippen LogP contribution is 2.57. The quantitative estimate of drug-likeness (QED) is 0.0284. The fourth-order valence-electron chi connectivity index (χ4n) is 6.33. The van der Waals surface area contributed by atoms with Crippen molar-refractivity contribution in [1.82, 2.24) is 34.7 Å². The summed E-state index contributed by atoms with van der Waals surface area (Å²) >= 11 is 1.66. The highest BCUT2D eigenvalue weighted by Gasteiger charge is 2.51. The van der Waals surface area contributed by atoms with E-state index >= 15 is 0 Å². The second-order valence-corrected chi connectivity index (χ2v) is 17.6. The van der Waals surface area contributed by atoms with Gasteiger partial charge in [-0.15, -0.1) is 11.3 Å². The Morgan fingerprint density at radius 3 is 2.61 bits per heavy atom. The molecule has 318 valence electrons. The van der Waals surface area contributed by atoms with Gasteiger partial charge in [0.05, 0.1) is 34.4 Å². The molecule has 26 heteroatoms. The summed E-state index contributed by atoms with van der Waals surface area (Å²) in [5, 5.41) is 17.4. The zero-order chi connectivity index (χ0) is 42.8. The normalized spacial score (nSPS) is 19.2. The lowest BCUT2D eigenvalue weighted by Crippen LogP contribution is -2.49. The average molecular weight is 883 g/mol. The molecule has 59 heavy (non-hydrogen) atoms. The summed E-state index contributed by atoms with van der Waals surface area (Å²) in [5.41, 5.74) is 7.91. The summed E-state index contributed by atoms with van der Waals surface area (Å²) in [7, 11) is -3.38. The van der Waals surface area contributed by atoms with E-state index in [2.05, 4.69) is 46.5 Å². The standard InChI is InChI=1S/C33H42N10O13P2S/c1-40(2)18-7-9-20-23(14-18)59-24-15-19(8-10-21(24)37-20)41(3)13-5-6-25(44)35-11-12-36-33(47)55-28-27(45)22(16-53-58(51,52)56-57(48,49)50)54-31(28)43-17-42(4)26-29(43)38-32(34)39-30(26)46/h7-10,14-15,17,22,27-28,31,45H,5-6,11-13,16H2,1-4H3,(H6-2,34,35,36,38,39,44,46,47,48,49,50,51,52)/p+2/t22-,27-,28-,31-/m1/s1. The summed E-state index contributed by atoms with van der Waals surface area (Å²) in [4.78, 5) is 80.1. The van der Waals surface area contributed by atoms with Crippen LogP contribution < -0.4 is 41.3 Å². The van der Waals surface area contributed by atoms with Crippen LogP contribution in [0.2, 0.25) is 0 Å². The summed E-state index contributed by atoms with van der Waals surface area (Å²) < 4.78 is 48.5. The molecular formula is C33H44N10O13P2S+2. The summed E-state index contributed by atoms with van der Waals surface area (Å²) in [6.45, 7) is -0.418. The number of phosphoric acid groups is 2. The number of imidazole rings is 1. The van der Waals surface area contributed by atoms with E-state index in [-0.39, 0.29) is 42.5 Å². The fraction of sp³-hybridized carbons (Fsp3) is 0.424. The molecule has 0 bridgehead atoms. The third-order valence-electron chi connectivity index (χ3n) is 9.15. The number of benzene rings is 2. The molecule has 0 spiro atoms. The SMILES string of the molecule is CN(CCCC(=O)NCCNC(=O)O[C@@H]1[C@H](O)[C@@H](COP(=O)(O)OP(=O)(O)O)O[C@H]1[n+]1cn(C)c2c(=O)[nH]c(N)nc21)c1ccc2nc3ccc(=[N+](C)C)cc-3sc2c1. The van der Waals surface area contributed by atoms with E-state index in [0.29, 0.717) is 13.0 Å². The van der Waals surface area contributed by atoms with Gasteiger partial charge in [-0.3, -0.25) is 23.7 Å². The topological polar surface area (TPSA) is 310 Å². The van der Waals surface area contributed by atoms with Crippen molar-refractivity contribution in [2.75, 3.05) is 58.0 Å². The van der Waals surface area contributed by atoms with Gasteiger partial charge in [0.15, 0.2) is 12.4 Å². The Bertz CT molecular complexity index is 2580. The molecule has 23 nitrogen and oxygen atoms in total. The number of ether oxygens (including phenoxy) is 2. The molecule has 1 unspecified atom stereocenters. The van der Waals surface area contributed by atoms with Gasteiger partial charge in [0.25, 0.3) is 11.5 Å². The molecule has 1 aromatic carbocycles. The molecule has 0 radical (unpaired) electrons. The number of rotatable bonds is 15. The third-order valence-corrected chi connectivity index (χ3v) is 12.4. The number of hydrogen-bond donors (Lipinski definition) is 8. The number of alkyl carbamates (subject to hydrolysis) is 1. The van der Waals surface area contributed by atoms with Gasteiger partial charge >= 0.3 is 27.4 Å². The minimum absolute atomic E-state index is 0.0249. The van der Waals surface area contributed by atoms with Crippen molar-refractivity contribution in [3.8, 4) is 10.6 Å². The van der Waals surface area contributed by atoms with Gasteiger partial charge in [-0.25, -0.2) is 28.1 Å². The zero-order valence-electron chi connectivity index (χ0n) is 32.1. The Kier molecular flexibility index (Phi) is 13.2. The number of carbonyl (C=O) groups is 2. The van der Waals surface area contributed by atoms with Gasteiger partial charge in [0, 0.05) is 50.9 Å². The number of hydrogen-bond acceptors (Lipinski definition) is 15. The second-order valence-electron chi connectivity index (χ2n) is 13.7. The summed E-state index contributed by atoms with van der Waals surface area (Å²) in [6, 6.07) is 12.2. The maximum Gasteiger partial charge on any atom is 0.481 e. The monoisotopic (exact) mass is 882 g/mol. The smallest absolute Gasteiger partial charge is 0.437 e. The number of aromatic amines is 1. The van der Waals surface area contributed by atoms with Gasteiger partial charge in [0.1, 0.15) is 26.3 Å². The van der Waals surface area contributed by atoms with Crippen LogP contribution in [0.1, 0.15) is 19.1 Å². The second kappa shape index (κ2) is 17.8. The number of phosphoric ester groups is 1. The first-order valence-corrected chi connectivity index (χ1v) is 21.7. The molecule has 2 amide bonds. The number of anilines is 2. The number of nitrogens with one attached hydrogen (secondary N) is 3. The number of H-pyrrole nitrogens is 1. The minimum atomic E-state index is -5.46. The van der Waals surface area contributed by atoms with E-state index in [9.17, 15) is 33.5 Å². The minimum Gasteiger partial charge on any atom is -0.437 e. The molecule has 2 aromatic heterocycles. The molecule has 3 aromatic rings. The van der Waals surface area contributed by atoms with E-state index in [0.717, 1.165) is 31.8 Å². The molecule has 5 atom stereocenters. The van der Waals surface area contributed by atoms with Crippen LogP contribution in [0.15, 0.2) is 47.5 Å². The number of carbonyl (C=O) groups excluding carboxylic acids is 2. The molecule has 2 aliphatic heterocycles. The van der Waals surface area contributed by atoms with E-state index < -0.39 is 58.4 Å². The van der Waals surface area contributed by atoms with E-state index in [1.54, 1.807) is 11.3 Å². The first-order valence-electron chi connectivity index (χ1n) is 17.9. The first-order chi connectivity index (χ1) is 27.8. The van der Waals surface area contributed by atoms with Crippen LogP contribution in [0, 0.1) is 0 Å². The average Bonchev–Trinajstić information content (AvgIpc) is 3.64. The van der Waals surface area contributed by atoms with Crippen LogP contribution in [0.5, 0.6) is 0 Å². The molecule has 4 heterocycles. The van der Waals surface area contributed by atoms with Gasteiger partial charge < -0.3 is 50.5 Å². The highest BCUT2D eigenvalue weighted by atomic mass is 32.1. The molecule has 9 N–H and O–H groups in total. The Labute approximate surface area is 338 Å². The molecule has 3 aliphatic rings. The van der Waals surface area contributed by atoms with Crippen molar-refractivity contribution < 1.29 is 61.4 Å². The number of aliphatic hydroxyl groups is 1. The lowest BCUT2D eigenvalue weighted by Gasteiger charge is -2.20. The van der Waals surface area contributed by atoms with Crippen LogP contribution in [0.25, 0.3) is 32.0 Å². The fourth-order valence-corrected chi connectivity index (χ4v) is 8.96. The predicted octanol–water partition coefficient (Wildman–Crippen LogP) is -0.510. The van der Waals surface area contributed by atoms with Crippen LogP contribution in [0.3, 0.4) is 0 Å². The summed E-state index contributed by atoms with van der Waals surface area (Å²) in [5.74, 6) is -0.515. The maximum atomic E-state index is 12.9. The van der Waals surface area contributed by atoms with Gasteiger partial charge in [-0.05, 0) is 30.7 Å². The number of aryl methyl sites for hydroxylation is 1. The van der Waals surface area contributed by atoms with Gasteiger partial charge in [-0.2, -0.15) is 4.31 Å². The number of nitrogen functional groups attached to an aromatic ring is 1. The Morgan fingerprint density at radius 1 is 1.14 bits per heavy atom. The van der Waals surface area contributed by atoms with Gasteiger partial charge in [0.2, 0.25) is 23.0 Å². The molecule has 1 fully saturated rings. The Balaban J connectivity index is 1.02.